The van der Waals surface area contributed by atoms with Crippen LogP contribution in [-0.4, -0.2) is 51.3 Å². The second-order valence-electron chi connectivity index (χ2n) is 6.65. The van der Waals surface area contributed by atoms with E-state index in [2.05, 4.69) is 38.0 Å². The molecule has 0 aliphatic carbocycles. The van der Waals surface area contributed by atoms with Crippen molar-refractivity contribution in [2.24, 2.45) is 4.99 Å². The first kappa shape index (κ1) is 23.8. The first-order valence-corrected chi connectivity index (χ1v) is 10.7. The summed E-state index contributed by atoms with van der Waals surface area (Å²) in [5.41, 5.74) is 0.909. The van der Waals surface area contributed by atoms with Crippen LogP contribution in [0.5, 0.6) is 11.5 Å². The topological polar surface area (TPSA) is 58.1 Å². The number of aliphatic imine (C=N–C) groups is 1. The molecule has 160 valence electrons. The largest absolute Gasteiger partial charge is 0.493 e. The molecular formula is C21H31IN4O2S. The molecular weight excluding hydrogens is 499 g/mol. The van der Waals surface area contributed by atoms with Gasteiger partial charge in [0.1, 0.15) is 0 Å². The number of likely N-dealkylation sites (tertiary alicyclic amines) is 1. The van der Waals surface area contributed by atoms with E-state index in [1.807, 2.05) is 36.5 Å². The second-order valence-corrected chi connectivity index (χ2v) is 7.63. The van der Waals surface area contributed by atoms with E-state index in [1.165, 1.54) is 17.7 Å². The van der Waals surface area contributed by atoms with E-state index in [0.29, 0.717) is 12.6 Å². The van der Waals surface area contributed by atoms with Gasteiger partial charge in [-0.2, -0.15) is 0 Å². The van der Waals surface area contributed by atoms with E-state index in [-0.39, 0.29) is 24.0 Å². The van der Waals surface area contributed by atoms with Crippen LogP contribution in [0.25, 0.3) is 0 Å². The Morgan fingerprint density at radius 1 is 1.24 bits per heavy atom. The fourth-order valence-electron chi connectivity index (χ4n) is 3.48. The number of hydrogen-bond donors (Lipinski definition) is 2. The number of halogens is 1. The minimum absolute atomic E-state index is 0. The number of methoxy groups -OCH3 is 1. The Hall–Kier alpha value is -1.52. The van der Waals surface area contributed by atoms with Crippen LogP contribution in [0.3, 0.4) is 0 Å². The third-order valence-corrected chi connectivity index (χ3v) is 5.84. The lowest BCUT2D eigenvalue weighted by molar-refractivity contribution is 0.249. The molecule has 1 fully saturated rings. The molecule has 1 aliphatic rings. The van der Waals surface area contributed by atoms with E-state index < -0.39 is 0 Å². The van der Waals surface area contributed by atoms with E-state index in [9.17, 15) is 0 Å². The van der Waals surface area contributed by atoms with E-state index >= 15 is 0 Å². The molecule has 0 bridgehead atoms. The molecule has 3 rings (SSSR count). The predicted octanol–water partition coefficient (Wildman–Crippen LogP) is 4.60. The maximum atomic E-state index is 5.67. The Kier molecular flexibility index (Phi) is 10.0. The number of anilines is 1. The number of nitrogens with zero attached hydrogens (tertiary/aromatic N) is 2. The number of ether oxygens (including phenoxy) is 2. The molecule has 6 nitrogen and oxygen atoms in total. The van der Waals surface area contributed by atoms with E-state index in [1.54, 1.807) is 14.2 Å². The standard InChI is InChI=1S/C21H30N4O2S.HI/c1-4-27-19-14-16(9-10-18(19)26-3)24-21(22-2)23-15-17(20-8-7-13-28-20)25-11-5-6-12-25;/h7-10,13-14,17H,4-6,11-12,15H2,1-3H3,(H2,22,23,24);1H. The van der Waals surface area contributed by atoms with Gasteiger partial charge in [0.05, 0.1) is 19.8 Å². The summed E-state index contributed by atoms with van der Waals surface area (Å²) in [6.07, 6.45) is 2.56. The maximum Gasteiger partial charge on any atom is 0.195 e. The molecule has 2 aromatic rings. The zero-order chi connectivity index (χ0) is 19.8. The lowest BCUT2D eigenvalue weighted by Crippen LogP contribution is -2.39. The SMILES string of the molecule is CCOc1cc(NC(=NC)NCC(c2cccs2)N2CCCC2)ccc1OC.I. The van der Waals surface area contributed by atoms with Crippen molar-refractivity contribution in [3.05, 3.63) is 40.6 Å². The molecule has 1 saturated heterocycles. The van der Waals surface area contributed by atoms with Crippen molar-refractivity contribution in [3.8, 4) is 11.5 Å². The van der Waals surface area contributed by atoms with Gasteiger partial charge in [0.2, 0.25) is 0 Å². The second kappa shape index (κ2) is 12.2. The number of guanidine groups is 1. The van der Waals surface area contributed by atoms with Gasteiger partial charge in [0.15, 0.2) is 17.5 Å². The van der Waals surface area contributed by atoms with Crippen LogP contribution >= 0.6 is 35.3 Å². The highest BCUT2D eigenvalue weighted by atomic mass is 127. The minimum atomic E-state index is 0. The number of hydrogen-bond acceptors (Lipinski definition) is 5. The van der Waals surface area contributed by atoms with Gasteiger partial charge in [-0.3, -0.25) is 9.89 Å². The number of thiophene rings is 1. The van der Waals surface area contributed by atoms with Gasteiger partial charge in [-0.1, -0.05) is 6.07 Å². The van der Waals surface area contributed by atoms with Crippen LogP contribution < -0.4 is 20.1 Å². The van der Waals surface area contributed by atoms with Crippen LogP contribution in [0.4, 0.5) is 5.69 Å². The Morgan fingerprint density at radius 3 is 2.66 bits per heavy atom. The third-order valence-electron chi connectivity index (χ3n) is 4.87. The Bertz CT molecular complexity index is 764. The fourth-order valence-corrected chi connectivity index (χ4v) is 4.34. The zero-order valence-corrected chi connectivity index (χ0v) is 20.5. The van der Waals surface area contributed by atoms with Crippen LogP contribution in [0.2, 0.25) is 0 Å². The Balaban J connectivity index is 0.00000300. The first-order valence-electron chi connectivity index (χ1n) is 9.81. The summed E-state index contributed by atoms with van der Waals surface area (Å²) in [6, 6.07) is 10.5. The molecule has 1 aromatic carbocycles. The molecule has 1 atom stereocenters. The molecule has 0 saturated carbocycles. The van der Waals surface area contributed by atoms with Gasteiger partial charge in [-0.15, -0.1) is 35.3 Å². The molecule has 1 aromatic heterocycles. The van der Waals surface area contributed by atoms with Crippen molar-refractivity contribution >= 4 is 47.0 Å². The quantitative estimate of drug-likeness (QED) is 0.297. The lowest BCUT2D eigenvalue weighted by atomic mass is 10.2. The van der Waals surface area contributed by atoms with Crippen LogP contribution in [0.15, 0.2) is 40.7 Å². The summed E-state index contributed by atoms with van der Waals surface area (Å²) in [7, 11) is 3.44. The average Bonchev–Trinajstić information content (AvgIpc) is 3.42. The van der Waals surface area contributed by atoms with Crippen molar-refractivity contribution in [1.29, 1.82) is 0 Å². The smallest absolute Gasteiger partial charge is 0.195 e. The van der Waals surface area contributed by atoms with Crippen LogP contribution in [0.1, 0.15) is 30.7 Å². The summed E-state index contributed by atoms with van der Waals surface area (Å²) < 4.78 is 11.0. The van der Waals surface area contributed by atoms with Crippen molar-refractivity contribution in [3.63, 3.8) is 0 Å². The first-order chi connectivity index (χ1) is 13.7. The molecule has 0 spiro atoms. The van der Waals surface area contributed by atoms with Gasteiger partial charge in [0, 0.05) is 30.2 Å². The zero-order valence-electron chi connectivity index (χ0n) is 17.3. The third kappa shape index (κ3) is 6.48. The highest BCUT2D eigenvalue weighted by Crippen LogP contribution is 2.30. The number of benzene rings is 1. The van der Waals surface area contributed by atoms with Crippen LogP contribution in [0, 0.1) is 0 Å². The number of rotatable bonds is 8. The molecule has 8 heteroatoms. The monoisotopic (exact) mass is 530 g/mol. The number of nitrogens with one attached hydrogen (secondary N) is 2. The van der Waals surface area contributed by atoms with Crippen molar-refractivity contribution in [2.45, 2.75) is 25.8 Å². The highest BCUT2D eigenvalue weighted by Gasteiger charge is 2.24. The Morgan fingerprint density at radius 2 is 2.03 bits per heavy atom. The molecule has 29 heavy (non-hydrogen) atoms. The van der Waals surface area contributed by atoms with Gasteiger partial charge in [0.25, 0.3) is 0 Å². The highest BCUT2D eigenvalue weighted by molar-refractivity contribution is 14.0. The predicted molar refractivity (Wildman–Crippen MR) is 132 cm³/mol. The minimum Gasteiger partial charge on any atom is -0.493 e. The average molecular weight is 530 g/mol. The molecule has 0 radical (unpaired) electrons. The van der Waals surface area contributed by atoms with Crippen molar-refractivity contribution < 1.29 is 9.47 Å². The summed E-state index contributed by atoms with van der Waals surface area (Å²) in [6.45, 7) is 5.68. The van der Waals surface area contributed by atoms with Crippen molar-refractivity contribution in [2.75, 3.05) is 45.7 Å². The summed E-state index contributed by atoms with van der Waals surface area (Å²) >= 11 is 1.82. The van der Waals surface area contributed by atoms with Gasteiger partial charge in [-0.25, -0.2) is 0 Å². The van der Waals surface area contributed by atoms with Crippen molar-refractivity contribution in [1.82, 2.24) is 10.2 Å². The lowest BCUT2D eigenvalue weighted by Gasteiger charge is -2.27. The van der Waals surface area contributed by atoms with Gasteiger partial charge >= 0.3 is 0 Å². The summed E-state index contributed by atoms with van der Waals surface area (Å²) in [4.78, 5) is 8.35. The van der Waals surface area contributed by atoms with Gasteiger partial charge < -0.3 is 20.1 Å². The summed E-state index contributed by atoms with van der Waals surface area (Å²) in [5.74, 6) is 2.19. The molecule has 2 N–H and O–H groups in total. The molecule has 1 aliphatic heterocycles. The van der Waals surface area contributed by atoms with Crippen LogP contribution in [-0.2, 0) is 0 Å². The molecule has 0 amide bonds. The normalized spacial score (nSPS) is 15.5. The Labute approximate surface area is 194 Å². The van der Waals surface area contributed by atoms with E-state index in [4.69, 9.17) is 9.47 Å². The maximum absolute atomic E-state index is 5.67. The molecule has 2 heterocycles. The fraction of sp³-hybridized carbons (Fsp3) is 0.476. The molecule has 1 unspecified atom stereocenters. The van der Waals surface area contributed by atoms with E-state index in [0.717, 1.165) is 42.8 Å². The van der Waals surface area contributed by atoms with Gasteiger partial charge in [-0.05, 0) is 56.4 Å². The summed E-state index contributed by atoms with van der Waals surface area (Å²) in [5, 5.41) is 9.00.